The van der Waals surface area contributed by atoms with Crippen LogP contribution in [-0.4, -0.2) is 29.7 Å². The number of hydrogen-bond donors (Lipinski definition) is 1. The average molecular weight is 200 g/mol. The Balaban J connectivity index is 2.39. The maximum atomic E-state index is 9.10. The zero-order chi connectivity index (χ0) is 10.6. The Hall–Kier alpha value is -0.380. The summed E-state index contributed by atoms with van der Waals surface area (Å²) in [5.74, 6) is -0.549. The van der Waals surface area contributed by atoms with E-state index < -0.39 is 5.79 Å². The standard InChI is InChI=1S/C11H20O3/c1-4-5-6-7-9-10(8-12)14-11(2,3)13-9/h4,9-10,12H,1,5-8H2,2-3H3/t9-,10+/m1/s1. The Morgan fingerprint density at radius 3 is 2.57 bits per heavy atom. The van der Waals surface area contributed by atoms with Gasteiger partial charge in [0.15, 0.2) is 5.79 Å². The van der Waals surface area contributed by atoms with Gasteiger partial charge in [-0.2, -0.15) is 0 Å². The van der Waals surface area contributed by atoms with Crippen LogP contribution in [0.5, 0.6) is 0 Å². The topological polar surface area (TPSA) is 38.7 Å². The lowest BCUT2D eigenvalue weighted by Crippen LogP contribution is -2.26. The van der Waals surface area contributed by atoms with Crippen molar-refractivity contribution in [3.63, 3.8) is 0 Å². The maximum absolute atomic E-state index is 9.10. The molecule has 1 saturated heterocycles. The second-order valence-electron chi connectivity index (χ2n) is 4.11. The minimum atomic E-state index is -0.549. The fourth-order valence-electron chi connectivity index (χ4n) is 1.77. The molecule has 3 nitrogen and oxygen atoms in total. The Morgan fingerprint density at radius 1 is 1.36 bits per heavy atom. The van der Waals surface area contributed by atoms with E-state index in [0.29, 0.717) is 0 Å². The zero-order valence-corrected chi connectivity index (χ0v) is 9.03. The van der Waals surface area contributed by atoms with Gasteiger partial charge in [0.25, 0.3) is 0 Å². The molecule has 82 valence electrons. The van der Waals surface area contributed by atoms with E-state index in [4.69, 9.17) is 14.6 Å². The molecule has 1 aliphatic rings. The first kappa shape index (κ1) is 11.7. The van der Waals surface area contributed by atoms with Crippen LogP contribution in [0.3, 0.4) is 0 Å². The van der Waals surface area contributed by atoms with Gasteiger partial charge in [-0.1, -0.05) is 6.08 Å². The minimum Gasteiger partial charge on any atom is -0.394 e. The summed E-state index contributed by atoms with van der Waals surface area (Å²) in [6, 6.07) is 0. The lowest BCUT2D eigenvalue weighted by molar-refractivity contribution is -0.149. The molecule has 0 saturated carbocycles. The highest BCUT2D eigenvalue weighted by Gasteiger charge is 2.40. The molecule has 0 aromatic carbocycles. The van der Waals surface area contributed by atoms with Crippen molar-refractivity contribution in [2.45, 2.75) is 51.1 Å². The first-order chi connectivity index (χ1) is 6.59. The number of aliphatic hydroxyl groups excluding tert-OH is 1. The number of aliphatic hydroxyl groups is 1. The summed E-state index contributed by atoms with van der Waals surface area (Å²) in [5.41, 5.74) is 0. The highest BCUT2D eigenvalue weighted by Crippen LogP contribution is 2.30. The van der Waals surface area contributed by atoms with Crippen LogP contribution in [0.2, 0.25) is 0 Å². The molecule has 0 amide bonds. The number of ether oxygens (including phenoxy) is 2. The molecule has 0 aromatic rings. The minimum absolute atomic E-state index is 0.0231. The Bertz CT molecular complexity index is 189. The van der Waals surface area contributed by atoms with Gasteiger partial charge >= 0.3 is 0 Å². The molecule has 1 aliphatic heterocycles. The van der Waals surface area contributed by atoms with Crippen molar-refractivity contribution >= 4 is 0 Å². The smallest absolute Gasteiger partial charge is 0.163 e. The molecule has 0 spiro atoms. The molecule has 2 atom stereocenters. The second kappa shape index (κ2) is 4.91. The van der Waals surface area contributed by atoms with Gasteiger partial charge in [0, 0.05) is 0 Å². The summed E-state index contributed by atoms with van der Waals surface area (Å²) in [4.78, 5) is 0. The van der Waals surface area contributed by atoms with E-state index >= 15 is 0 Å². The second-order valence-corrected chi connectivity index (χ2v) is 4.11. The van der Waals surface area contributed by atoms with Gasteiger partial charge in [0.2, 0.25) is 0 Å². The highest BCUT2D eigenvalue weighted by molar-refractivity contribution is 4.81. The summed E-state index contributed by atoms with van der Waals surface area (Å²) in [6.45, 7) is 7.46. The number of rotatable bonds is 5. The van der Waals surface area contributed by atoms with Crippen molar-refractivity contribution in [2.75, 3.05) is 6.61 Å². The van der Waals surface area contributed by atoms with E-state index in [0.717, 1.165) is 19.3 Å². The number of hydrogen-bond acceptors (Lipinski definition) is 3. The maximum Gasteiger partial charge on any atom is 0.163 e. The summed E-state index contributed by atoms with van der Waals surface area (Å²) in [7, 11) is 0. The van der Waals surface area contributed by atoms with Crippen molar-refractivity contribution in [3.8, 4) is 0 Å². The van der Waals surface area contributed by atoms with Crippen LogP contribution in [0.1, 0.15) is 33.1 Å². The molecule has 0 radical (unpaired) electrons. The van der Waals surface area contributed by atoms with E-state index in [2.05, 4.69) is 6.58 Å². The quantitative estimate of drug-likeness (QED) is 0.544. The molecule has 0 unspecified atom stereocenters. The molecule has 1 heterocycles. The van der Waals surface area contributed by atoms with E-state index in [9.17, 15) is 0 Å². The normalized spacial score (nSPS) is 30.5. The van der Waals surface area contributed by atoms with Gasteiger partial charge < -0.3 is 14.6 Å². The van der Waals surface area contributed by atoms with Gasteiger partial charge in [0.1, 0.15) is 6.10 Å². The van der Waals surface area contributed by atoms with E-state index in [1.54, 1.807) is 0 Å². The van der Waals surface area contributed by atoms with Crippen molar-refractivity contribution in [3.05, 3.63) is 12.7 Å². The predicted octanol–water partition coefficient (Wildman–Crippen LogP) is 1.86. The Morgan fingerprint density at radius 2 is 2.00 bits per heavy atom. The van der Waals surface area contributed by atoms with Gasteiger partial charge in [-0.3, -0.25) is 0 Å². The van der Waals surface area contributed by atoms with Crippen LogP contribution in [-0.2, 0) is 9.47 Å². The van der Waals surface area contributed by atoms with Crippen molar-refractivity contribution < 1.29 is 14.6 Å². The SMILES string of the molecule is C=CCCC[C@H]1OC(C)(C)O[C@H]1CO. The van der Waals surface area contributed by atoms with Crippen molar-refractivity contribution in [1.82, 2.24) is 0 Å². The van der Waals surface area contributed by atoms with Crippen LogP contribution >= 0.6 is 0 Å². The monoisotopic (exact) mass is 200 g/mol. The average Bonchev–Trinajstić information content (AvgIpc) is 2.41. The molecule has 1 rings (SSSR count). The van der Waals surface area contributed by atoms with Crippen LogP contribution < -0.4 is 0 Å². The molecule has 3 heteroatoms. The van der Waals surface area contributed by atoms with Gasteiger partial charge in [-0.05, 0) is 33.1 Å². The van der Waals surface area contributed by atoms with E-state index in [1.165, 1.54) is 0 Å². The number of allylic oxidation sites excluding steroid dienone is 1. The summed E-state index contributed by atoms with van der Waals surface area (Å²) in [6.07, 6.45) is 4.68. The summed E-state index contributed by atoms with van der Waals surface area (Å²) < 4.78 is 11.2. The third-order valence-electron chi connectivity index (χ3n) is 2.36. The first-order valence-corrected chi connectivity index (χ1v) is 5.16. The van der Waals surface area contributed by atoms with Gasteiger partial charge in [0.05, 0.1) is 12.7 Å². The van der Waals surface area contributed by atoms with Gasteiger partial charge in [-0.15, -0.1) is 6.58 Å². The third-order valence-corrected chi connectivity index (χ3v) is 2.36. The molecular formula is C11H20O3. The lowest BCUT2D eigenvalue weighted by atomic mass is 10.1. The van der Waals surface area contributed by atoms with E-state index in [1.807, 2.05) is 19.9 Å². The Labute approximate surface area is 85.7 Å². The van der Waals surface area contributed by atoms with Crippen LogP contribution in [0, 0.1) is 0 Å². The zero-order valence-electron chi connectivity index (χ0n) is 9.03. The first-order valence-electron chi connectivity index (χ1n) is 5.16. The fourth-order valence-corrected chi connectivity index (χ4v) is 1.77. The largest absolute Gasteiger partial charge is 0.394 e. The molecule has 1 fully saturated rings. The van der Waals surface area contributed by atoms with Crippen molar-refractivity contribution in [1.29, 1.82) is 0 Å². The van der Waals surface area contributed by atoms with Crippen LogP contribution in [0.15, 0.2) is 12.7 Å². The van der Waals surface area contributed by atoms with Gasteiger partial charge in [-0.25, -0.2) is 0 Å². The number of unbranched alkanes of at least 4 members (excludes halogenated alkanes) is 1. The predicted molar refractivity (Wildman–Crippen MR) is 55.0 cm³/mol. The van der Waals surface area contributed by atoms with E-state index in [-0.39, 0.29) is 18.8 Å². The molecular weight excluding hydrogens is 180 g/mol. The third kappa shape index (κ3) is 3.08. The van der Waals surface area contributed by atoms with Crippen LogP contribution in [0.25, 0.3) is 0 Å². The lowest BCUT2D eigenvalue weighted by Gasteiger charge is -2.16. The highest BCUT2D eigenvalue weighted by atomic mass is 16.8. The fraction of sp³-hybridized carbons (Fsp3) is 0.818. The van der Waals surface area contributed by atoms with Crippen molar-refractivity contribution in [2.24, 2.45) is 0 Å². The Kier molecular flexibility index (Phi) is 4.11. The van der Waals surface area contributed by atoms with Crippen LogP contribution in [0.4, 0.5) is 0 Å². The molecule has 0 bridgehead atoms. The molecule has 0 aliphatic carbocycles. The molecule has 1 N–H and O–H groups in total. The molecule has 14 heavy (non-hydrogen) atoms. The summed E-state index contributed by atoms with van der Waals surface area (Å²) in [5, 5.41) is 9.10. The molecule has 0 aromatic heterocycles. The summed E-state index contributed by atoms with van der Waals surface area (Å²) >= 11 is 0.